The molecule has 4 saturated heterocycles. The Hall–Kier alpha value is -6.73. The number of carboxylic acid groups (broad SMARTS) is 1. The number of likely N-dealkylation sites (tertiary alicyclic amines) is 1. The molecule has 0 saturated carbocycles. The molecule has 4 N–H and O–H groups in total. The summed E-state index contributed by atoms with van der Waals surface area (Å²) in [7, 11) is 0. The summed E-state index contributed by atoms with van der Waals surface area (Å²) in [4.78, 5) is 61.8. The van der Waals surface area contributed by atoms with Gasteiger partial charge in [0, 0.05) is 76.6 Å². The Morgan fingerprint density at radius 3 is 1.44 bits per heavy atom. The van der Waals surface area contributed by atoms with Crippen molar-refractivity contribution >= 4 is 70.4 Å². The van der Waals surface area contributed by atoms with Gasteiger partial charge in [-0.05, 0) is 54.4 Å². The lowest BCUT2D eigenvalue weighted by Gasteiger charge is -2.37. The number of alkyl carbamates (subject to hydrolysis) is 2. The molecule has 0 aliphatic carbocycles. The predicted molar refractivity (Wildman–Crippen MR) is 252 cm³/mol. The van der Waals surface area contributed by atoms with Crippen LogP contribution in [-0.4, -0.2) is 141 Å². The first-order chi connectivity index (χ1) is 33.3. The zero-order valence-corrected chi connectivity index (χ0v) is 41.2. The first-order valence-corrected chi connectivity index (χ1v) is 22.8. The van der Waals surface area contributed by atoms with E-state index in [9.17, 15) is 50.6 Å². The average Bonchev–Trinajstić information content (AvgIpc) is 3.74. The molecule has 3 amide bonds. The molecule has 0 bridgehead atoms. The molecule has 0 unspecified atom stereocenters. The summed E-state index contributed by atoms with van der Waals surface area (Å²) < 4.78 is 97.5. The van der Waals surface area contributed by atoms with Gasteiger partial charge in [-0.1, -0.05) is 0 Å². The van der Waals surface area contributed by atoms with Gasteiger partial charge < -0.3 is 49.8 Å². The molecular formula is C46H57ClF6N12O7. The third-order valence-corrected chi connectivity index (χ3v) is 11.5. The van der Waals surface area contributed by atoms with E-state index in [1.165, 1.54) is 14.0 Å². The van der Waals surface area contributed by atoms with Crippen molar-refractivity contribution in [2.24, 2.45) is 11.8 Å². The molecule has 2 aromatic heterocycles. The van der Waals surface area contributed by atoms with E-state index < -0.39 is 83.6 Å². The monoisotopic (exact) mass is 1040 g/mol. The van der Waals surface area contributed by atoms with Crippen LogP contribution in [0.3, 0.4) is 0 Å². The first kappa shape index (κ1) is 56.2. The SMILES string of the molecule is CC(C)(C)OC(=O)N[C@@H]1CN(c2nc3cc(F)c(F)cc3n2CC(=O)N2CC(C#N)C2)CC[C@H]1F.CC(C)(C)OC(=O)N[C@@H]1CN(c2nc3cc(F)c(F)cc3n2CC(=O)O)CC[C@H]1F.Cl.N#CC1CNC1. The van der Waals surface area contributed by atoms with E-state index in [0.717, 1.165) is 37.4 Å². The van der Waals surface area contributed by atoms with E-state index in [-0.39, 0.29) is 104 Å². The van der Waals surface area contributed by atoms with E-state index in [4.69, 9.17) is 20.0 Å². The van der Waals surface area contributed by atoms with E-state index in [1.807, 2.05) is 0 Å². The number of nitrogens with zero attached hydrogens (tertiary/aromatic N) is 9. The van der Waals surface area contributed by atoms with Gasteiger partial charge in [0.1, 0.15) is 36.6 Å². The number of carboxylic acids is 1. The van der Waals surface area contributed by atoms with E-state index in [0.29, 0.717) is 19.0 Å². The number of carbonyl (C=O) groups is 4. The van der Waals surface area contributed by atoms with Crippen molar-refractivity contribution in [1.29, 1.82) is 10.5 Å². The fraction of sp³-hybridized carbons (Fsp3) is 0.565. The number of halogens is 7. The number of ether oxygens (including phenoxy) is 2. The van der Waals surface area contributed by atoms with Gasteiger partial charge in [-0.15, -0.1) is 12.4 Å². The number of hydrogen-bond acceptors (Lipinski definition) is 13. The molecule has 72 heavy (non-hydrogen) atoms. The normalized spacial score (nSPS) is 20.2. The number of benzene rings is 2. The number of anilines is 2. The minimum atomic E-state index is -1.35. The zero-order valence-electron chi connectivity index (χ0n) is 40.4. The van der Waals surface area contributed by atoms with Gasteiger partial charge in [0.05, 0.1) is 58.1 Å². The van der Waals surface area contributed by atoms with Crippen LogP contribution in [0.4, 0.5) is 47.8 Å². The molecule has 8 rings (SSSR count). The van der Waals surface area contributed by atoms with Crippen molar-refractivity contribution in [1.82, 2.24) is 40.0 Å². The van der Waals surface area contributed by atoms with Crippen LogP contribution in [0, 0.1) is 57.8 Å². The standard InChI is InChI=1S/C23H27F3N6O3.C19H23F3N4O4.C4H6N2.ClH/c1-23(2,3)35-22(34)29-18-11-30(5-4-14(18)24)21-28-17-6-15(25)16(26)7-19(17)32(21)12-20(33)31-9-13(8-27)10-31;1-19(2,3)30-18(29)24-14-8-25(5-4-10(14)20)17-23-13-6-11(21)12(22)7-15(13)26(17)9-16(27)28;5-1-4-2-6-3-4;/h6-7,13-14,18H,4-5,9-12H2,1-3H3,(H,29,34);6-7,10,14H,4-5,8-9H2,1-3H3,(H,24,29)(H,27,28);4,6H,2-3H2;1H/t14-,18-;10-,14-;;/m11../s1. The van der Waals surface area contributed by atoms with Crippen LogP contribution < -0.4 is 25.8 Å². The molecule has 4 aromatic rings. The largest absolute Gasteiger partial charge is 0.480 e. The quantitative estimate of drug-likeness (QED) is 0.154. The van der Waals surface area contributed by atoms with Crippen molar-refractivity contribution < 1.29 is 60.1 Å². The van der Waals surface area contributed by atoms with Crippen molar-refractivity contribution in [2.45, 2.75) is 103 Å². The number of hydrogen-bond donors (Lipinski definition) is 4. The van der Waals surface area contributed by atoms with Gasteiger partial charge in [-0.3, -0.25) is 14.2 Å². The second-order valence-corrected chi connectivity index (χ2v) is 19.5. The highest BCUT2D eigenvalue weighted by molar-refractivity contribution is 5.86. The summed E-state index contributed by atoms with van der Waals surface area (Å²) in [6.07, 6.45) is -4.11. The number of imidazole rings is 2. The van der Waals surface area contributed by atoms with Crippen LogP contribution in [0.1, 0.15) is 54.4 Å². The molecule has 4 atom stereocenters. The minimum Gasteiger partial charge on any atom is -0.480 e. The average molecular weight is 1040 g/mol. The van der Waals surface area contributed by atoms with Crippen LogP contribution in [0.25, 0.3) is 22.1 Å². The smallest absolute Gasteiger partial charge is 0.408 e. The molecule has 4 aliphatic rings. The second-order valence-electron chi connectivity index (χ2n) is 19.5. The maximum absolute atomic E-state index is 14.7. The molecular weight excluding hydrogens is 982 g/mol. The van der Waals surface area contributed by atoms with Crippen LogP contribution in [0.5, 0.6) is 0 Å². The van der Waals surface area contributed by atoms with Crippen LogP contribution in [0.2, 0.25) is 0 Å². The number of aromatic nitrogens is 4. The summed E-state index contributed by atoms with van der Waals surface area (Å²) in [6, 6.07) is 6.07. The summed E-state index contributed by atoms with van der Waals surface area (Å²) in [5.74, 6) is -5.47. The molecule has 0 radical (unpaired) electrons. The lowest BCUT2D eigenvalue weighted by molar-refractivity contribution is -0.138. The van der Waals surface area contributed by atoms with Gasteiger partial charge in [0.25, 0.3) is 0 Å². The van der Waals surface area contributed by atoms with E-state index in [2.05, 4.69) is 38.1 Å². The molecule has 392 valence electrons. The van der Waals surface area contributed by atoms with Gasteiger partial charge >= 0.3 is 18.2 Å². The Balaban J connectivity index is 0.000000238. The number of alkyl halides is 2. The van der Waals surface area contributed by atoms with Gasteiger partial charge in [-0.2, -0.15) is 10.5 Å². The Labute approximate surface area is 416 Å². The van der Waals surface area contributed by atoms with E-state index >= 15 is 0 Å². The second kappa shape index (κ2) is 23.2. The fourth-order valence-electron chi connectivity index (χ4n) is 7.92. The van der Waals surface area contributed by atoms with Gasteiger partial charge in [0.2, 0.25) is 17.8 Å². The highest BCUT2D eigenvalue weighted by Gasteiger charge is 2.37. The third-order valence-electron chi connectivity index (χ3n) is 11.5. The van der Waals surface area contributed by atoms with Crippen molar-refractivity contribution in [3.63, 3.8) is 0 Å². The van der Waals surface area contributed by atoms with Crippen LogP contribution >= 0.6 is 12.4 Å². The number of amides is 3. The lowest BCUT2D eigenvalue weighted by Crippen LogP contribution is -2.55. The number of carbonyl (C=O) groups excluding carboxylic acids is 3. The van der Waals surface area contributed by atoms with Crippen molar-refractivity contribution in [3.05, 3.63) is 47.5 Å². The summed E-state index contributed by atoms with van der Waals surface area (Å²) in [6.45, 7) is 12.2. The Kier molecular flexibility index (Phi) is 18.1. The highest BCUT2D eigenvalue weighted by atomic mass is 35.5. The van der Waals surface area contributed by atoms with Crippen LogP contribution in [-0.2, 0) is 32.2 Å². The topological polar surface area (TPSA) is 236 Å². The molecule has 0 spiro atoms. The van der Waals surface area contributed by atoms with E-state index in [1.54, 1.807) is 51.3 Å². The van der Waals surface area contributed by atoms with Gasteiger partial charge in [0.15, 0.2) is 23.3 Å². The molecule has 4 aliphatic heterocycles. The van der Waals surface area contributed by atoms with Gasteiger partial charge in [-0.25, -0.2) is 45.9 Å². The van der Waals surface area contributed by atoms with Crippen LogP contribution in [0.15, 0.2) is 24.3 Å². The molecule has 2 aromatic carbocycles. The third kappa shape index (κ3) is 14.2. The number of aliphatic carboxylic acids is 1. The molecule has 19 nitrogen and oxygen atoms in total. The minimum absolute atomic E-state index is 0. The fourth-order valence-corrected chi connectivity index (χ4v) is 7.92. The zero-order chi connectivity index (χ0) is 52.1. The Morgan fingerprint density at radius 1 is 0.694 bits per heavy atom. The molecule has 26 heteroatoms. The Morgan fingerprint density at radius 2 is 1.10 bits per heavy atom. The maximum Gasteiger partial charge on any atom is 0.408 e. The predicted octanol–water partition coefficient (Wildman–Crippen LogP) is 5.73. The summed E-state index contributed by atoms with van der Waals surface area (Å²) in [5, 5.41) is 34.3. The number of nitriles is 2. The highest BCUT2D eigenvalue weighted by Crippen LogP contribution is 2.31. The first-order valence-electron chi connectivity index (χ1n) is 22.8. The molecule has 4 fully saturated rings. The lowest BCUT2D eigenvalue weighted by atomic mass is 10.0. The number of rotatable bonds is 8. The maximum atomic E-state index is 14.7. The number of nitrogens with one attached hydrogen (secondary N) is 3. The van der Waals surface area contributed by atoms with Crippen molar-refractivity contribution in [2.75, 3.05) is 62.2 Å². The number of fused-ring (bicyclic) bond motifs is 2. The van der Waals surface area contributed by atoms with Crippen molar-refractivity contribution in [3.8, 4) is 12.1 Å². The number of piperidine rings is 2. The summed E-state index contributed by atoms with van der Waals surface area (Å²) >= 11 is 0. The Bertz CT molecular complexity index is 2710. The molecule has 6 heterocycles. The summed E-state index contributed by atoms with van der Waals surface area (Å²) in [5.41, 5.74) is -0.982.